The molecule has 0 aliphatic heterocycles. The Morgan fingerprint density at radius 1 is 0.643 bits per heavy atom. The van der Waals surface area contributed by atoms with Crippen LogP contribution in [0.5, 0.6) is 0 Å². The van der Waals surface area contributed by atoms with E-state index in [1.54, 1.807) is 24.3 Å². The summed E-state index contributed by atoms with van der Waals surface area (Å²) in [7, 11) is 4.69. The van der Waals surface area contributed by atoms with Crippen LogP contribution in [0.15, 0.2) is 47.8 Å². The molecule has 10 nitrogen and oxygen atoms in total. The fraction of sp³-hybridized carbons (Fsp3) is 0.222. The van der Waals surface area contributed by atoms with Crippen molar-refractivity contribution in [2.75, 3.05) is 39.1 Å². The number of hydrogen-bond acceptors (Lipinski definition) is 10. The molecule has 0 aromatic heterocycles. The summed E-state index contributed by atoms with van der Waals surface area (Å²) in [6, 6.07) is 6.24. The summed E-state index contributed by atoms with van der Waals surface area (Å²) in [5.41, 5.74) is 0.636. The van der Waals surface area contributed by atoms with Crippen LogP contribution in [0, 0.1) is 0 Å². The summed E-state index contributed by atoms with van der Waals surface area (Å²) in [6.07, 6.45) is 1.90. The second-order valence-corrected chi connectivity index (χ2v) is 4.97. The van der Waals surface area contributed by atoms with Crippen LogP contribution in [0.25, 0.3) is 0 Å². The standard InChI is InChI=1S/C18H20N2O8/c1-25-15(21)9-13(17(23)27-3)19-11-5-7-12(8-6-11)20-14(18(24)28-4)10-16(22)26-2/h5-10,19-20H,1-4H3/b13-9+,14-10+. The average Bonchev–Trinajstić information content (AvgIpc) is 2.72. The zero-order valence-electron chi connectivity index (χ0n) is 15.7. The number of carbonyl (C=O) groups excluding carboxylic acids is 4. The number of rotatable bonds is 8. The largest absolute Gasteiger partial charge is 0.466 e. The number of ether oxygens (including phenoxy) is 4. The number of anilines is 2. The Bertz CT molecular complexity index is 729. The lowest BCUT2D eigenvalue weighted by atomic mass is 10.2. The van der Waals surface area contributed by atoms with Crippen molar-refractivity contribution in [3.05, 3.63) is 47.8 Å². The summed E-state index contributed by atoms with van der Waals surface area (Å²) >= 11 is 0. The highest BCUT2D eigenvalue weighted by Gasteiger charge is 2.14. The van der Waals surface area contributed by atoms with Gasteiger partial charge in [0.15, 0.2) is 0 Å². The molecule has 0 saturated heterocycles. The summed E-state index contributed by atoms with van der Waals surface area (Å²) in [5, 5.41) is 5.46. The lowest BCUT2D eigenvalue weighted by molar-refractivity contribution is -0.138. The zero-order chi connectivity index (χ0) is 21.1. The minimum absolute atomic E-state index is 0.129. The third-order valence-corrected chi connectivity index (χ3v) is 3.18. The average molecular weight is 392 g/mol. The van der Waals surface area contributed by atoms with Crippen LogP contribution in [0.1, 0.15) is 0 Å². The van der Waals surface area contributed by atoms with E-state index in [2.05, 4.69) is 29.6 Å². The minimum atomic E-state index is -0.762. The van der Waals surface area contributed by atoms with Crippen LogP contribution < -0.4 is 10.6 Å². The van der Waals surface area contributed by atoms with Crippen molar-refractivity contribution in [2.45, 2.75) is 0 Å². The number of benzene rings is 1. The van der Waals surface area contributed by atoms with Crippen molar-refractivity contribution in [1.29, 1.82) is 0 Å². The van der Waals surface area contributed by atoms with E-state index in [0.717, 1.165) is 12.2 Å². The Labute approximate surface area is 161 Å². The normalized spacial score (nSPS) is 11.1. The minimum Gasteiger partial charge on any atom is -0.466 e. The van der Waals surface area contributed by atoms with Gasteiger partial charge in [-0.25, -0.2) is 19.2 Å². The lowest BCUT2D eigenvalue weighted by Gasteiger charge is -2.11. The van der Waals surface area contributed by atoms with E-state index >= 15 is 0 Å². The van der Waals surface area contributed by atoms with Gasteiger partial charge in [0.05, 0.1) is 40.6 Å². The summed E-state index contributed by atoms with van der Waals surface area (Å²) in [6.45, 7) is 0. The molecule has 1 aromatic carbocycles. The molecule has 2 N–H and O–H groups in total. The maximum Gasteiger partial charge on any atom is 0.354 e. The van der Waals surface area contributed by atoms with Crippen molar-refractivity contribution in [3.63, 3.8) is 0 Å². The van der Waals surface area contributed by atoms with Gasteiger partial charge in [-0.1, -0.05) is 0 Å². The first kappa shape index (κ1) is 22.2. The Kier molecular flexibility index (Phi) is 8.74. The Hall–Kier alpha value is -3.82. The van der Waals surface area contributed by atoms with Crippen LogP contribution >= 0.6 is 0 Å². The summed E-state index contributed by atoms with van der Waals surface area (Å²) in [5.74, 6) is -2.99. The number of methoxy groups -OCH3 is 4. The van der Waals surface area contributed by atoms with Crippen LogP contribution in [0.3, 0.4) is 0 Å². The molecule has 0 aliphatic rings. The van der Waals surface area contributed by atoms with Gasteiger partial charge in [0.25, 0.3) is 0 Å². The SMILES string of the molecule is COC(=O)/C=C(/Nc1ccc(N/C(=C/C(=O)OC)C(=O)OC)cc1)C(=O)OC. The van der Waals surface area contributed by atoms with Crippen molar-refractivity contribution in [1.82, 2.24) is 0 Å². The van der Waals surface area contributed by atoms with E-state index in [4.69, 9.17) is 0 Å². The molecule has 0 heterocycles. The predicted molar refractivity (Wildman–Crippen MR) is 97.9 cm³/mol. The number of hydrogen-bond donors (Lipinski definition) is 2. The zero-order valence-corrected chi connectivity index (χ0v) is 15.7. The fourth-order valence-corrected chi connectivity index (χ4v) is 1.81. The summed E-state index contributed by atoms with van der Waals surface area (Å²) < 4.78 is 18.2. The van der Waals surface area contributed by atoms with Gasteiger partial charge in [0.1, 0.15) is 11.4 Å². The third-order valence-electron chi connectivity index (χ3n) is 3.18. The molecule has 0 spiro atoms. The van der Waals surface area contributed by atoms with E-state index in [-0.39, 0.29) is 11.4 Å². The highest BCUT2D eigenvalue weighted by atomic mass is 16.5. The third kappa shape index (κ3) is 6.83. The molecule has 0 saturated carbocycles. The highest BCUT2D eigenvalue weighted by molar-refractivity contribution is 5.99. The molecule has 0 aliphatic carbocycles. The van der Waals surface area contributed by atoms with Gasteiger partial charge in [-0.15, -0.1) is 0 Å². The van der Waals surface area contributed by atoms with Gasteiger partial charge in [0, 0.05) is 11.4 Å². The molecule has 0 fully saturated rings. The van der Waals surface area contributed by atoms with E-state index in [0.29, 0.717) is 11.4 Å². The topological polar surface area (TPSA) is 129 Å². The monoisotopic (exact) mass is 392 g/mol. The molecule has 1 rings (SSSR count). The molecule has 0 radical (unpaired) electrons. The first-order valence-corrected chi connectivity index (χ1v) is 7.74. The fourth-order valence-electron chi connectivity index (χ4n) is 1.81. The van der Waals surface area contributed by atoms with Gasteiger partial charge < -0.3 is 29.6 Å². The molecule has 28 heavy (non-hydrogen) atoms. The van der Waals surface area contributed by atoms with E-state index in [1.165, 1.54) is 28.4 Å². The van der Waals surface area contributed by atoms with E-state index in [1.807, 2.05) is 0 Å². The molecule has 0 amide bonds. The van der Waals surface area contributed by atoms with Crippen LogP contribution in [0.2, 0.25) is 0 Å². The second kappa shape index (κ2) is 11.0. The van der Waals surface area contributed by atoms with Gasteiger partial charge in [-0.05, 0) is 24.3 Å². The van der Waals surface area contributed by atoms with E-state index < -0.39 is 23.9 Å². The van der Waals surface area contributed by atoms with Crippen molar-refractivity contribution < 1.29 is 38.1 Å². The Morgan fingerprint density at radius 2 is 0.964 bits per heavy atom. The molecule has 0 bridgehead atoms. The van der Waals surface area contributed by atoms with Gasteiger partial charge in [0.2, 0.25) is 0 Å². The van der Waals surface area contributed by atoms with Gasteiger partial charge in [-0.3, -0.25) is 0 Å². The quantitative estimate of drug-likeness (QED) is 0.375. The van der Waals surface area contributed by atoms with Crippen LogP contribution in [-0.4, -0.2) is 52.3 Å². The molecule has 0 unspecified atom stereocenters. The number of esters is 4. The molecule has 150 valence electrons. The van der Waals surface area contributed by atoms with Crippen molar-refractivity contribution >= 4 is 35.3 Å². The Morgan fingerprint density at radius 3 is 1.21 bits per heavy atom. The molecule has 1 aromatic rings. The molecule has 0 atom stereocenters. The number of nitrogens with one attached hydrogen (secondary N) is 2. The Balaban J connectivity index is 3.00. The first-order chi connectivity index (χ1) is 13.3. The molecular weight excluding hydrogens is 372 g/mol. The highest BCUT2D eigenvalue weighted by Crippen LogP contribution is 2.18. The van der Waals surface area contributed by atoms with Crippen molar-refractivity contribution in [3.8, 4) is 0 Å². The van der Waals surface area contributed by atoms with Gasteiger partial charge in [-0.2, -0.15) is 0 Å². The van der Waals surface area contributed by atoms with E-state index in [9.17, 15) is 19.2 Å². The molecular formula is C18H20N2O8. The smallest absolute Gasteiger partial charge is 0.354 e. The lowest BCUT2D eigenvalue weighted by Crippen LogP contribution is -2.16. The predicted octanol–water partition coefficient (Wildman–Crippen LogP) is 0.970. The van der Waals surface area contributed by atoms with Crippen LogP contribution in [0.4, 0.5) is 11.4 Å². The molecule has 10 heteroatoms. The van der Waals surface area contributed by atoms with Crippen LogP contribution in [-0.2, 0) is 38.1 Å². The second-order valence-electron chi connectivity index (χ2n) is 4.97. The summed E-state index contributed by atoms with van der Waals surface area (Å²) in [4.78, 5) is 46.2. The van der Waals surface area contributed by atoms with Gasteiger partial charge >= 0.3 is 23.9 Å². The maximum absolute atomic E-state index is 11.7. The van der Waals surface area contributed by atoms with Crippen molar-refractivity contribution in [2.24, 2.45) is 0 Å². The number of carbonyl (C=O) groups is 4. The maximum atomic E-state index is 11.7. The first-order valence-electron chi connectivity index (χ1n) is 7.74.